The molecule has 0 fully saturated rings. The molecule has 1 aromatic heterocycles. The van der Waals surface area contributed by atoms with Crippen LogP contribution in [-0.2, 0) is 0 Å². The van der Waals surface area contributed by atoms with E-state index in [0.29, 0.717) is 13.1 Å². The molecule has 1 rings (SSSR count). The van der Waals surface area contributed by atoms with E-state index in [4.69, 9.17) is 0 Å². The summed E-state index contributed by atoms with van der Waals surface area (Å²) in [5.74, 6) is -0.743. The molecule has 0 saturated carbocycles. The molecule has 21 heavy (non-hydrogen) atoms. The number of carbonyl (C=O) groups is 1. The Morgan fingerprint density at radius 2 is 2.05 bits per heavy atom. The van der Waals surface area contributed by atoms with Crippen LogP contribution >= 0.6 is 0 Å². The minimum atomic E-state index is -0.574. The molecule has 0 saturated heterocycles. The summed E-state index contributed by atoms with van der Waals surface area (Å²) in [7, 11) is 5.66. The Kier molecular flexibility index (Phi) is 7.08. The summed E-state index contributed by atoms with van der Waals surface area (Å²) in [4.78, 5) is 19.8. The molecule has 1 heterocycles. The minimum absolute atomic E-state index is 0.0657. The van der Waals surface area contributed by atoms with Crippen LogP contribution in [0.1, 0.15) is 30.1 Å². The van der Waals surface area contributed by atoms with Crippen LogP contribution < -0.4 is 5.32 Å². The zero-order valence-electron chi connectivity index (χ0n) is 13.3. The van der Waals surface area contributed by atoms with E-state index in [1.807, 2.05) is 21.0 Å². The summed E-state index contributed by atoms with van der Waals surface area (Å²) >= 11 is 0. The van der Waals surface area contributed by atoms with Crippen LogP contribution in [0.2, 0.25) is 0 Å². The molecule has 0 aliphatic heterocycles. The van der Waals surface area contributed by atoms with Gasteiger partial charge in [0.2, 0.25) is 0 Å². The largest absolute Gasteiger partial charge is 0.368 e. The average molecular weight is 296 g/mol. The Bertz CT molecular complexity index is 465. The minimum Gasteiger partial charge on any atom is -0.368 e. The van der Waals surface area contributed by atoms with Gasteiger partial charge in [0.15, 0.2) is 11.6 Å². The monoisotopic (exact) mass is 296 g/mol. The van der Waals surface area contributed by atoms with Gasteiger partial charge in [-0.05, 0) is 39.5 Å². The molecule has 1 amide bonds. The summed E-state index contributed by atoms with van der Waals surface area (Å²) in [5, 5.41) is 2.89. The molecule has 1 aromatic rings. The maximum Gasteiger partial charge on any atom is 0.256 e. The van der Waals surface area contributed by atoms with Gasteiger partial charge in [0.1, 0.15) is 0 Å². The van der Waals surface area contributed by atoms with Crippen molar-refractivity contribution in [3.63, 3.8) is 0 Å². The quantitative estimate of drug-likeness (QED) is 0.798. The molecular formula is C15H25FN4O. The number of rotatable bonds is 8. The zero-order valence-corrected chi connectivity index (χ0v) is 13.3. The van der Waals surface area contributed by atoms with E-state index >= 15 is 0 Å². The Morgan fingerprint density at radius 3 is 2.67 bits per heavy atom. The van der Waals surface area contributed by atoms with Crippen molar-refractivity contribution in [2.45, 2.75) is 19.8 Å². The van der Waals surface area contributed by atoms with Gasteiger partial charge < -0.3 is 15.1 Å². The van der Waals surface area contributed by atoms with E-state index in [9.17, 15) is 9.18 Å². The van der Waals surface area contributed by atoms with Crippen molar-refractivity contribution in [3.8, 4) is 0 Å². The molecule has 0 aromatic carbocycles. The third-order valence-electron chi connectivity index (χ3n) is 3.11. The molecule has 1 N–H and O–H groups in total. The van der Waals surface area contributed by atoms with E-state index in [-0.39, 0.29) is 17.3 Å². The van der Waals surface area contributed by atoms with Crippen molar-refractivity contribution in [2.75, 3.05) is 46.1 Å². The van der Waals surface area contributed by atoms with Crippen molar-refractivity contribution in [2.24, 2.45) is 0 Å². The van der Waals surface area contributed by atoms with Gasteiger partial charge in [0, 0.05) is 26.3 Å². The van der Waals surface area contributed by atoms with Gasteiger partial charge in [-0.25, -0.2) is 9.37 Å². The number of aromatic nitrogens is 1. The number of pyridine rings is 1. The molecule has 0 bridgehead atoms. The molecule has 5 nitrogen and oxygen atoms in total. The highest BCUT2D eigenvalue weighted by Gasteiger charge is 2.19. The van der Waals surface area contributed by atoms with Gasteiger partial charge >= 0.3 is 0 Å². The van der Waals surface area contributed by atoms with Gasteiger partial charge in [-0.2, -0.15) is 0 Å². The van der Waals surface area contributed by atoms with Crippen molar-refractivity contribution in [3.05, 3.63) is 23.6 Å². The Morgan fingerprint density at radius 1 is 1.33 bits per heavy atom. The fourth-order valence-corrected chi connectivity index (χ4v) is 1.91. The molecule has 0 radical (unpaired) electrons. The normalized spacial score (nSPS) is 10.8. The first-order chi connectivity index (χ1) is 9.97. The first-order valence-electron chi connectivity index (χ1n) is 7.26. The van der Waals surface area contributed by atoms with E-state index in [1.54, 1.807) is 11.9 Å². The van der Waals surface area contributed by atoms with E-state index in [1.165, 1.54) is 12.3 Å². The van der Waals surface area contributed by atoms with Crippen molar-refractivity contribution in [1.82, 2.24) is 14.8 Å². The summed E-state index contributed by atoms with van der Waals surface area (Å²) in [6.45, 7) is 4.09. The Balaban J connectivity index is 2.72. The molecule has 6 heteroatoms. The number of nitrogens with one attached hydrogen (secondary N) is 1. The maximum atomic E-state index is 14.3. The third-order valence-corrected chi connectivity index (χ3v) is 3.11. The van der Waals surface area contributed by atoms with E-state index in [0.717, 1.165) is 19.4 Å². The van der Waals surface area contributed by atoms with Crippen molar-refractivity contribution < 1.29 is 9.18 Å². The molecular weight excluding hydrogens is 271 g/mol. The van der Waals surface area contributed by atoms with Gasteiger partial charge in [-0.15, -0.1) is 0 Å². The lowest BCUT2D eigenvalue weighted by molar-refractivity contribution is 0.0786. The summed E-state index contributed by atoms with van der Waals surface area (Å²) < 4.78 is 14.3. The molecule has 0 aliphatic rings. The lowest BCUT2D eigenvalue weighted by Crippen LogP contribution is -2.30. The second-order valence-corrected chi connectivity index (χ2v) is 5.33. The number of amides is 1. The number of hydrogen-bond donors (Lipinski definition) is 1. The van der Waals surface area contributed by atoms with E-state index < -0.39 is 5.82 Å². The second kappa shape index (κ2) is 8.56. The van der Waals surface area contributed by atoms with Gasteiger partial charge in [0.05, 0.1) is 5.56 Å². The number of nitrogens with zero attached hydrogens (tertiary/aromatic N) is 3. The fraction of sp³-hybridized carbons (Fsp3) is 0.600. The van der Waals surface area contributed by atoms with Crippen LogP contribution in [0.25, 0.3) is 0 Å². The highest BCUT2D eigenvalue weighted by atomic mass is 19.1. The van der Waals surface area contributed by atoms with Crippen molar-refractivity contribution >= 4 is 11.7 Å². The standard InChI is InChI=1S/C15H25FN4O/c1-5-8-17-14-13(16)12(7-9-18-14)15(21)20(4)11-6-10-19(2)3/h7,9H,5-6,8,10-11H2,1-4H3,(H,17,18). The maximum absolute atomic E-state index is 14.3. The van der Waals surface area contributed by atoms with Crippen LogP contribution in [0.3, 0.4) is 0 Å². The zero-order chi connectivity index (χ0) is 15.8. The van der Waals surface area contributed by atoms with Crippen LogP contribution in [0.15, 0.2) is 12.3 Å². The molecule has 0 atom stereocenters. The predicted molar refractivity (Wildman–Crippen MR) is 83.1 cm³/mol. The smallest absolute Gasteiger partial charge is 0.256 e. The van der Waals surface area contributed by atoms with Crippen molar-refractivity contribution in [1.29, 1.82) is 0 Å². The van der Waals surface area contributed by atoms with Gasteiger partial charge in [0.25, 0.3) is 5.91 Å². The first kappa shape index (κ1) is 17.4. The highest BCUT2D eigenvalue weighted by molar-refractivity contribution is 5.95. The summed E-state index contributed by atoms with van der Waals surface area (Å²) in [5.41, 5.74) is 0.0657. The van der Waals surface area contributed by atoms with Crippen LogP contribution in [0.5, 0.6) is 0 Å². The lowest BCUT2D eigenvalue weighted by atomic mass is 10.2. The number of carbonyl (C=O) groups excluding carboxylic acids is 1. The molecule has 0 aliphatic carbocycles. The molecule has 0 unspecified atom stereocenters. The summed E-state index contributed by atoms with van der Waals surface area (Å²) in [6, 6.07) is 1.43. The second-order valence-electron chi connectivity index (χ2n) is 5.33. The summed E-state index contributed by atoms with van der Waals surface area (Å²) in [6.07, 6.45) is 3.18. The SMILES string of the molecule is CCCNc1nccc(C(=O)N(C)CCCN(C)C)c1F. The predicted octanol–water partition coefficient (Wildman–Crippen LogP) is 2.07. The molecule has 0 spiro atoms. The Labute approximate surface area is 126 Å². The van der Waals surface area contributed by atoms with Crippen LogP contribution in [0, 0.1) is 5.82 Å². The topological polar surface area (TPSA) is 48.5 Å². The number of halogens is 1. The number of hydrogen-bond acceptors (Lipinski definition) is 4. The van der Waals surface area contributed by atoms with Crippen LogP contribution in [-0.4, -0.2) is 61.5 Å². The fourth-order valence-electron chi connectivity index (χ4n) is 1.91. The first-order valence-corrected chi connectivity index (χ1v) is 7.26. The van der Waals surface area contributed by atoms with Gasteiger partial charge in [-0.1, -0.05) is 6.92 Å². The third kappa shape index (κ3) is 5.30. The van der Waals surface area contributed by atoms with Crippen LogP contribution in [0.4, 0.5) is 10.2 Å². The number of anilines is 1. The Hall–Kier alpha value is -1.69. The highest BCUT2D eigenvalue weighted by Crippen LogP contribution is 2.16. The van der Waals surface area contributed by atoms with E-state index in [2.05, 4.69) is 15.2 Å². The lowest BCUT2D eigenvalue weighted by Gasteiger charge is -2.19. The average Bonchev–Trinajstić information content (AvgIpc) is 2.45. The van der Waals surface area contributed by atoms with Gasteiger partial charge in [-0.3, -0.25) is 4.79 Å². The molecule has 118 valence electrons.